The summed E-state index contributed by atoms with van der Waals surface area (Å²) in [5, 5.41) is 13.9. The van der Waals surface area contributed by atoms with Crippen molar-refractivity contribution in [2.45, 2.75) is 85.5 Å². The molecule has 4 rings (SSSR count). The number of carbonyl (C=O) groups excluding carboxylic acids is 1. The van der Waals surface area contributed by atoms with E-state index in [-0.39, 0.29) is 11.7 Å². The van der Waals surface area contributed by atoms with Crippen LogP contribution < -0.4 is 10.1 Å². The van der Waals surface area contributed by atoms with E-state index < -0.39 is 29.0 Å². The van der Waals surface area contributed by atoms with Crippen molar-refractivity contribution in [3.05, 3.63) is 46.0 Å². The van der Waals surface area contributed by atoms with Crippen LogP contribution in [0, 0.1) is 19.7 Å². The zero-order chi connectivity index (χ0) is 29.0. The van der Waals surface area contributed by atoms with Gasteiger partial charge in [-0.05, 0) is 91.5 Å². The van der Waals surface area contributed by atoms with E-state index in [9.17, 15) is 14.7 Å². The number of amides is 1. The molecule has 0 unspecified atom stereocenters. The highest BCUT2D eigenvalue weighted by atomic mass is 19.1. The van der Waals surface area contributed by atoms with Gasteiger partial charge in [-0.2, -0.15) is 0 Å². The monoisotopic (exact) mass is 539 g/mol. The Morgan fingerprint density at radius 1 is 1.18 bits per heavy atom. The van der Waals surface area contributed by atoms with Crippen molar-refractivity contribution < 1.29 is 28.6 Å². The van der Waals surface area contributed by atoms with E-state index in [4.69, 9.17) is 14.5 Å². The number of aliphatic carboxylic acids is 1. The van der Waals surface area contributed by atoms with Crippen molar-refractivity contribution in [3.63, 3.8) is 0 Å². The second-order valence-electron chi connectivity index (χ2n) is 12.3. The predicted octanol–water partition coefficient (Wildman–Crippen LogP) is 5.79. The summed E-state index contributed by atoms with van der Waals surface area (Å²) >= 11 is 0. The molecule has 3 heterocycles. The quantitative estimate of drug-likeness (QED) is 0.426. The van der Waals surface area contributed by atoms with Gasteiger partial charge in [0.2, 0.25) is 0 Å². The fourth-order valence-corrected chi connectivity index (χ4v) is 5.19. The number of pyridine rings is 1. The third kappa shape index (κ3) is 5.50. The Morgan fingerprint density at radius 2 is 1.85 bits per heavy atom. The first-order valence-electron chi connectivity index (χ1n) is 13.2. The van der Waals surface area contributed by atoms with Gasteiger partial charge in [0.15, 0.2) is 17.7 Å². The summed E-state index contributed by atoms with van der Waals surface area (Å²) < 4.78 is 28.9. The van der Waals surface area contributed by atoms with Gasteiger partial charge in [0.05, 0.1) is 12.2 Å². The van der Waals surface area contributed by atoms with Crippen LogP contribution in [0.1, 0.15) is 86.9 Å². The number of benzene rings is 1. The van der Waals surface area contributed by atoms with Crippen LogP contribution in [-0.4, -0.2) is 44.3 Å². The summed E-state index contributed by atoms with van der Waals surface area (Å²) in [6.45, 7) is 15.1. The number of aromatic nitrogens is 2. The molecule has 1 aliphatic rings. The molecule has 1 atom stereocenters. The molecule has 39 heavy (non-hydrogen) atoms. The Labute approximate surface area is 228 Å². The minimum Gasteiger partial charge on any atom is -0.490 e. The van der Waals surface area contributed by atoms with Crippen molar-refractivity contribution in [2.75, 3.05) is 6.61 Å². The maximum atomic E-state index is 15.5. The second-order valence-corrected chi connectivity index (χ2v) is 12.3. The van der Waals surface area contributed by atoms with Crippen LogP contribution in [0.2, 0.25) is 0 Å². The van der Waals surface area contributed by atoms with Gasteiger partial charge in [0.25, 0.3) is 5.91 Å². The molecule has 0 spiro atoms. The van der Waals surface area contributed by atoms with E-state index in [0.29, 0.717) is 52.1 Å². The lowest BCUT2D eigenvalue weighted by Crippen LogP contribution is -2.41. The number of carboxylic acid groups (broad SMARTS) is 1. The summed E-state index contributed by atoms with van der Waals surface area (Å²) in [5.74, 6) is -1.75. The number of hydrogen-bond donors (Lipinski definition) is 2. The maximum Gasteiger partial charge on any atom is 0.337 e. The van der Waals surface area contributed by atoms with E-state index >= 15 is 4.39 Å². The lowest BCUT2D eigenvalue weighted by molar-refractivity contribution is -0.160. The number of rotatable bonds is 5. The predicted molar refractivity (Wildman–Crippen MR) is 148 cm³/mol. The third-order valence-electron chi connectivity index (χ3n) is 6.79. The average molecular weight is 540 g/mol. The van der Waals surface area contributed by atoms with Crippen LogP contribution in [0.25, 0.3) is 22.2 Å². The topological polar surface area (TPSA) is 103 Å². The number of carbonyl (C=O) groups is 2. The highest BCUT2D eigenvalue weighted by Gasteiger charge is 2.35. The van der Waals surface area contributed by atoms with E-state index in [2.05, 4.69) is 5.32 Å². The van der Waals surface area contributed by atoms with Gasteiger partial charge in [-0.1, -0.05) is 0 Å². The number of nitrogens with one attached hydrogen (secondary N) is 1. The van der Waals surface area contributed by atoms with Crippen LogP contribution in [0.3, 0.4) is 0 Å². The first-order valence-corrected chi connectivity index (χ1v) is 13.2. The number of ether oxygens (including phenoxy) is 2. The molecule has 0 saturated carbocycles. The number of aryl methyl sites for hydroxylation is 2. The average Bonchev–Trinajstić information content (AvgIpc) is 3.14. The molecule has 1 aromatic carbocycles. The number of hydrogen-bond acceptors (Lipinski definition) is 5. The molecule has 0 aliphatic carbocycles. The maximum absolute atomic E-state index is 15.5. The van der Waals surface area contributed by atoms with Crippen molar-refractivity contribution in [3.8, 4) is 16.9 Å². The molecule has 0 bridgehead atoms. The highest BCUT2D eigenvalue weighted by molar-refractivity contribution is 6.05. The largest absolute Gasteiger partial charge is 0.490 e. The summed E-state index contributed by atoms with van der Waals surface area (Å²) in [5.41, 5.74) is 2.90. The molecule has 210 valence electrons. The highest BCUT2D eigenvalue weighted by Crippen LogP contribution is 2.44. The van der Waals surface area contributed by atoms with Gasteiger partial charge in [0.1, 0.15) is 11.3 Å². The van der Waals surface area contributed by atoms with Crippen LogP contribution in [0.15, 0.2) is 12.1 Å². The summed E-state index contributed by atoms with van der Waals surface area (Å²) in [6.07, 6.45) is 0.0177. The Balaban J connectivity index is 2.12. The van der Waals surface area contributed by atoms with E-state index in [0.717, 1.165) is 17.5 Å². The van der Waals surface area contributed by atoms with Gasteiger partial charge < -0.3 is 24.5 Å². The molecule has 0 saturated heterocycles. The standard InChI is InChI=1S/C30H38FN3O5/c1-15-17-11-10-12-38-24(17)20(31)13-18(15)23-19-14-21(27(35)33-29(3,4)5)34(9)26(19)32-16(2)22(23)25(28(36)37)39-30(6,7)8/h13-14,25H,10-12H2,1-9H3,(H,33,35)(H,36,37)/t25-/m0/s1. The third-order valence-corrected chi connectivity index (χ3v) is 6.79. The van der Waals surface area contributed by atoms with Crippen molar-refractivity contribution in [1.29, 1.82) is 0 Å². The van der Waals surface area contributed by atoms with Gasteiger partial charge >= 0.3 is 5.97 Å². The Bertz CT molecular complexity index is 1480. The molecule has 8 nitrogen and oxygen atoms in total. The van der Waals surface area contributed by atoms with Crippen molar-refractivity contribution in [2.24, 2.45) is 7.05 Å². The van der Waals surface area contributed by atoms with Gasteiger partial charge in [0, 0.05) is 40.4 Å². The number of fused-ring (bicyclic) bond motifs is 2. The lowest BCUT2D eigenvalue weighted by Gasteiger charge is -2.29. The Hall–Kier alpha value is -3.46. The molecule has 0 fully saturated rings. The van der Waals surface area contributed by atoms with E-state index in [1.807, 2.05) is 27.7 Å². The molecule has 0 radical (unpaired) electrons. The fourth-order valence-electron chi connectivity index (χ4n) is 5.19. The molecule has 2 aromatic heterocycles. The van der Waals surface area contributed by atoms with Crippen LogP contribution in [0.4, 0.5) is 4.39 Å². The summed E-state index contributed by atoms with van der Waals surface area (Å²) in [4.78, 5) is 30.7. The lowest BCUT2D eigenvalue weighted by atomic mass is 9.86. The van der Waals surface area contributed by atoms with Gasteiger partial charge in [-0.15, -0.1) is 0 Å². The fraction of sp³-hybridized carbons (Fsp3) is 0.500. The van der Waals surface area contributed by atoms with Crippen LogP contribution >= 0.6 is 0 Å². The molecule has 1 amide bonds. The van der Waals surface area contributed by atoms with Gasteiger partial charge in [-0.3, -0.25) is 4.79 Å². The van der Waals surface area contributed by atoms with Crippen molar-refractivity contribution in [1.82, 2.24) is 14.9 Å². The molecule has 3 aromatic rings. The van der Waals surface area contributed by atoms with Gasteiger partial charge in [-0.25, -0.2) is 14.2 Å². The molecule has 1 aliphatic heterocycles. The van der Waals surface area contributed by atoms with Crippen LogP contribution in [-0.2, 0) is 23.0 Å². The number of nitrogens with zero attached hydrogens (tertiary/aromatic N) is 2. The summed E-state index contributed by atoms with van der Waals surface area (Å²) in [7, 11) is 1.74. The Kier molecular flexibility index (Phi) is 7.27. The van der Waals surface area contributed by atoms with Crippen LogP contribution in [0.5, 0.6) is 5.75 Å². The summed E-state index contributed by atoms with van der Waals surface area (Å²) in [6, 6.07) is 3.10. The minimum atomic E-state index is -1.38. The first kappa shape index (κ1) is 28.5. The minimum absolute atomic E-state index is 0.241. The smallest absolute Gasteiger partial charge is 0.337 e. The molecule has 9 heteroatoms. The molecular weight excluding hydrogens is 501 g/mol. The number of halogens is 1. The van der Waals surface area contributed by atoms with E-state index in [1.54, 1.807) is 45.4 Å². The zero-order valence-electron chi connectivity index (χ0n) is 24.2. The Morgan fingerprint density at radius 3 is 2.44 bits per heavy atom. The second kappa shape index (κ2) is 9.93. The van der Waals surface area contributed by atoms with E-state index in [1.165, 1.54) is 6.07 Å². The SMILES string of the molecule is Cc1nc2c(cc(C(=O)NC(C)(C)C)n2C)c(-c2cc(F)c3c(c2C)CCCO3)c1[C@H](OC(C)(C)C)C(=O)O. The van der Waals surface area contributed by atoms with Crippen molar-refractivity contribution >= 4 is 22.9 Å². The molecule has 2 N–H and O–H groups in total. The molecular formula is C30H38FN3O5. The zero-order valence-corrected chi connectivity index (χ0v) is 24.2. The number of carboxylic acids is 1. The normalized spacial score (nSPS) is 14.6. The first-order chi connectivity index (χ1) is 18.0.